The van der Waals surface area contributed by atoms with Gasteiger partial charge in [0.1, 0.15) is 0 Å². The van der Waals surface area contributed by atoms with Gasteiger partial charge in [-0.05, 0) is 0 Å². The molecule has 11 heteroatoms. The zero-order valence-corrected chi connectivity index (χ0v) is 13.5. The molecule has 0 saturated heterocycles. The second-order valence-electron chi connectivity index (χ2n) is 1.31. The van der Waals surface area contributed by atoms with Gasteiger partial charge in [-0.15, -0.1) is 0 Å². The first-order chi connectivity index (χ1) is 6.00. The van der Waals surface area contributed by atoms with E-state index in [2.05, 4.69) is 30.8 Å². The van der Waals surface area contributed by atoms with Crippen LogP contribution in [-0.2, 0) is 19.5 Å². The molecule has 0 amide bonds. The Morgan fingerprint density at radius 3 is 0.933 bits per heavy atom. The molecule has 2 heterocycles. The Hall–Kier alpha value is -0.537. The van der Waals surface area contributed by atoms with Crippen LogP contribution in [-0.4, -0.2) is 30.8 Å². The zero-order valence-electron chi connectivity index (χ0n) is 7.38. The number of hydrogen-bond donors (Lipinski definition) is 2. The molecule has 0 saturated carbocycles. The minimum Gasteiger partial charge on any atom is -1.00 e. The number of hydrogen-bond acceptors (Lipinski definition) is 6. The number of H-pyrrole nitrogens is 2. The van der Waals surface area contributed by atoms with Crippen molar-refractivity contribution in [2.75, 3.05) is 0 Å². The van der Waals surface area contributed by atoms with Crippen molar-refractivity contribution < 1.29 is 53.4 Å². The van der Waals surface area contributed by atoms with Gasteiger partial charge in [0.2, 0.25) is 0 Å². The number of nitrogens with zero attached hydrogens (tertiary/aromatic N) is 4. The van der Waals surface area contributed by atoms with Crippen LogP contribution in [0.25, 0.3) is 0 Å². The fourth-order valence-electron chi connectivity index (χ4n) is 0.333. The smallest absolute Gasteiger partial charge is 1.00 e. The van der Waals surface area contributed by atoms with Gasteiger partial charge in [-0.3, -0.25) is 0 Å². The Morgan fingerprint density at radius 1 is 0.667 bits per heavy atom. The minimum atomic E-state index is 0. The summed E-state index contributed by atoms with van der Waals surface area (Å²) in [6, 6.07) is 0. The summed E-state index contributed by atoms with van der Waals surface area (Å²) >= 11 is 0. The van der Waals surface area contributed by atoms with Crippen LogP contribution >= 0.6 is 0 Å². The molecule has 0 aliphatic heterocycles. The van der Waals surface area contributed by atoms with Crippen molar-refractivity contribution in [1.82, 2.24) is 30.8 Å². The molecule has 2 N–H and O–H groups in total. The summed E-state index contributed by atoms with van der Waals surface area (Å²) in [6.07, 6.45) is 6.33. The van der Waals surface area contributed by atoms with Crippen molar-refractivity contribution in [3.8, 4) is 0 Å². The average molecular weight is 395 g/mol. The normalized spacial score (nSPS) is 5.60. The van der Waals surface area contributed by atoms with E-state index < -0.39 is 0 Å². The molecule has 8 nitrogen and oxygen atoms in total. The molecule has 0 spiro atoms. The number of aromatic nitrogens is 6. The summed E-state index contributed by atoms with van der Waals surface area (Å²) in [5.74, 6) is 0. The molecule has 0 aliphatic rings. The van der Waals surface area contributed by atoms with Gasteiger partial charge in [-0.1, -0.05) is 0 Å². The minimum absolute atomic E-state index is 0. The van der Waals surface area contributed by atoms with Crippen molar-refractivity contribution in [1.29, 1.82) is 0 Å². The van der Waals surface area contributed by atoms with Gasteiger partial charge in [-0.2, -0.15) is 30.8 Å². The SMILES string of the molecule is O=O.[Br-].[Br-].[Zn+2].c1cn[nH]n1.c1cn[nH]n1. The van der Waals surface area contributed by atoms with Gasteiger partial charge < -0.3 is 34.0 Å². The molecule has 0 aromatic carbocycles. The van der Waals surface area contributed by atoms with Crippen molar-refractivity contribution in [3.05, 3.63) is 34.7 Å². The van der Waals surface area contributed by atoms with Crippen molar-refractivity contribution >= 4 is 0 Å². The molecule has 80 valence electrons. The van der Waals surface area contributed by atoms with Crippen LogP contribution in [0, 0.1) is 9.93 Å². The van der Waals surface area contributed by atoms with Crippen LogP contribution in [0.15, 0.2) is 24.8 Å². The molecule has 0 atom stereocenters. The second-order valence-corrected chi connectivity index (χ2v) is 1.31. The van der Waals surface area contributed by atoms with E-state index in [0.717, 1.165) is 0 Å². The van der Waals surface area contributed by atoms with Crippen LogP contribution < -0.4 is 34.0 Å². The monoisotopic (exact) mass is 392 g/mol. The van der Waals surface area contributed by atoms with Crippen molar-refractivity contribution in [3.63, 3.8) is 0 Å². The molecule has 0 aliphatic carbocycles. The molecule has 2 aromatic rings. The van der Waals surface area contributed by atoms with Crippen LogP contribution in [0.1, 0.15) is 0 Å². The maximum atomic E-state index is 7.00. The largest absolute Gasteiger partial charge is 2.00 e. The molecular weight excluding hydrogens is 389 g/mol. The number of rotatable bonds is 0. The Bertz CT molecular complexity index is 183. The van der Waals surface area contributed by atoms with E-state index in [1.54, 1.807) is 24.8 Å². The molecular formula is C4H6Br2N6O2Zn. The zero-order chi connectivity index (χ0) is 9.07. The summed E-state index contributed by atoms with van der Waals surface area (Å²) in [4.78, 5) is 14.0. The summed E-state index contributed by atoms with van der Waals surface area (Å²) in [5, 5.41) is 18.7. The van der Waals surface area contributed by atoms with Gasteiger partial charge in [0.05, 0.1) is 24.8 Å². The third-order valence-electron chi connectivity index (χ3n) is 0.662. The molecule has 0 bridgehead atoms. The molecule has 0 unspecified atom stereocenters. The number of halogens is 2. The molecule has 0 fully saturated rings. The first-order valence-electron chi connectivity index (χ1n) is 2.76. The standard InChI is InChI=1S/2C2H3N3.2BrH.O2.Zn/c2*1-2-4-5-3-1;;;1-2;/h2*1-2H,(H,3,4,5);2*1H;;/q;;;;;+2/p-2. The summed E-state index contributed by atoms with van der Waals surface area (Å²) in [5.41, 5.74) is 0. The van der Waals surface area contributed by atoms with Gasteiger partial charge >= 0.3 is 19.5 Å². The Morgan fingerprint density at radius 2 is 0.867 bits per heavy atom. The Labute approximate surface area is 119 Å². The molecule has 0 radical (unpaired) electrons. The van der Waals surface area contributed by atoms with E-state index in [4.69, 9.17) is 9.93 Å². The third-order valence-corrected chi connectivity index (χ3v) is 0.662. The fraction of sp³-hybridized carbons (Fsp3) is 0. The molecule has 15 heavy (non-hydrogen) atoms. The van der Waals surface area contributed by atoms with Gasteiger partial charge in [0.25, 0.3) is 0 Å². The molecule has 2 aromatic heterocycles. The topological polar surface area (TPSA) is 117 Å². The van der Waals surface area contributed by atoms with Crippen LogP contribution in [0.2, 0.25) is 0 Å². The quantitative estimate of drug-likeness (QED) is 0.429. The third kappa shape index (κ3) is 19.8. The summed E-state index contributed by atoms with van der Waals surface area (Å²) in [6.45, 7) is 0. The fourth-order valence-corrected chi connectivity index (χ4v) is 0.333. The summed E-state index contributed by atoms with van der Waals surface area (Å²) in [7, 11) is 0. The number of aromatic amines is 2. The van der Waals surface area contributed by atoms with E-state index in [1.807, 2.05) is 0 Å². The maximum Gasteiger partial charge on any atom is 2.00 e. The average Bonchev–Trinajstić information content (AvgIpc) is 2.87. The van der Waals surface area contributed by atoms with E-state index in [-0.39, 0.29) is 53.4 Å². The van der Waals surface area contributed by atoms with Crippen molar-refractivity contribution in [2.24, 2.45) is 0 Å². The first-order valence-corrected chi connectivity index (χ1v) is 2.76. The van der Waals surface area contributed by atoms with Crippen molar-refractivity contribution in [2.45, 2.75) is 0 Å². The summed E-state index contributed by atoms with van der Waals surface area (Å²) < 4.78 is 0. The Kier molecular flexibility index (Phi) is 37.3. The maximum absolute atomic E-state index is 7.00. The predicted octanol–water partition coefficient (Wildman–Crippen LogP) is -6.32. The number of nitrogens with one attached hydrogen (secondary N) is 2. The van der Waals surface area contributed by atoms with E-state index in [9.17, 15) is 0 Å². The Balaban J connectivity index is -0.0000000592. The van der Waals surface area contributed by atoms with Crippen LogP contribution in [0.3, 0.4) is 0 Å². The van der Waals surface area contributed by atoms with Gasteiger partial charge in [0, 0.05) is 9.93 Å². The van der Waals surface area contributed by atoms with Crippen LogP contribution in [0.5, 0.6) is 0 Å². The first kappa shape index (κ1) is 23.9. The van der Waals surface area contributed by atoms with E-state index >= 15 is 0 Å². The van der Waals surface area contributed by atoms with E-state index in [0.29, 0.717) is 0 Å². The molecule has 2 rings (SSSR count). The predicted molar refractivity (Wildman–Crippen MR) is 39.5 cm³/mol. The van der Waals surface area contributed by atoms with Gasteiger partial charge in [0.15, 0.2) is 0 Å². The van der Waals surface area contributed by atoms with Crippen LogP contribution in [0.4, 0.5) is 0 Å². The second kappa shape index (κ2) is 23.4. The van der Waals surface area contributed by atoms with E-state index in [1.165, 1.54) is 0 Å². The van der Waals surface area contributed by atoms with Gasteiger partial charge in [-0.25, -0.2) is 0 Å².